The zero-order valence-corrected chi connectivity index (χ0v) is 7.42. The fraction of sp³-hybridized carbons (Fsp3) is 1.00. The van der Waals surface area contributed by atoms with E-state index in [0.29, 0.717) is 12.1 Å². The van der Waals surface area contributed by atoms with Crippen LogP contribution in [0, 0.1) is 0 Å². The zero-order chi connectivity index (χ0) is 7.84. The van der Waals surface area contributed by atoms with E-state index in [2.05, 4.69) is 18.7 Å². The lowest BCUT2D eigenvalue weighted by molar-refractivity contribution is 0.102. The molecule has 2 aliphatic rings. The summed E-state index contributed by atoms with van der Waals surface area (Å²) in [4.78, 5) is 2.58. The lowest BCUT2D eigenvalue weighted by Crippen LogP contribution is -2.37. The summed E-state index contributed by atoms with van der Waals surface area (Å²) in [7, 11) is 0. The van der Waals surface area contributed by atoms with E-state index < -0.39 is 0 Å². The highest BCUT2D eigenvalue weighted by molar-refractivity contribution is 4.92. The van der Waals surface area contributed by atoms with Crippen LogP contribution in [-0.2, 0) is 4.74 Å². The summed E-state index contributed by atoms with van der Waals surface area (Å²) in [6, 6.07) is 1.45. The van der Waals surface area contributed by atoms with Gasteiger partial charge >= 0.3 is 0 Å². The minimum atomic E-state index is 0.567. The van der Waals surface area contributed by atoms with Crippen LogP contribution in [-0.4, -0.2) is 36.2 Å². The molecule has 2 nitrogen and oxygen atoms in total. The molecule has 0 bridgehead atoms. The molecule has 2 atom stereocenters. The van der Waals surface area contributed by atoms with Crippen LogP contribution in [0.5, 0.6) is 0 Å². The summed E-state index contributed by atoms with van der Waals surface area (Å²) in [6.45, 7) is 6.78. The third kappa shape index (κ3) is 1.18. The van der Waals surface area contributed by atoms with E-state index in [9.17, 15) is 0 Å². The predicted molar refractivity (Wildman–Crippen MR) is 44.6 cm³/mol. The standard InChI is InChI=1S/C9H17NO/c1-7(2)10-5-3-9-8(10)4-6-11-9/h7-9H,3-6H2,1-2H3. The van der Waals surface area contributed by atoms with E-state index in [-0.39, 0.29) is 0 Å². The molecule has 0 amide bonds. The van der Waals surface area contributed by atoms with Crippen LogP contribution in [0.2, 0.25) is 0 Å². The molecule has 11 heavy (non-hydrogen) atoms. The smallest absolute Gasteiger partial charge is 0.0743 e. The summed E-state index contributed by atoms with van der Waals surface area (Å²) < 4.78 is 5.62. The number of fused-ring (bicyclic) bond motifs is 1. The van der Waals surface area contributed by atoms with E-state index in [1.165, 1.54) is 19.4 Å². The molecule has 0 spiro atoms. The predicted octanol–water partition coefficient (Wildman–Crippen LogP) is 1.26. The van der Waals surface area contributed by atoms with E-state index in [1.807, 2.05) is 0 Å². The van der Waals surface area contributed by atoms with Gasteiger partial charge in [-0.25, -0.2) is 0 Å². The van der Waals surface area contributed by atoms with Crippen LogP contribution in [0.1, 0.15) is 26.7 Å². The Morgan fingerprint density at radius 1 is 1.36 bits per heavy atom. The normalized spacial score (nSPS) is 38.5. The highest BCUT2D eigenvalue weighted by Gasteiger charge is 2.39. The van der Waals surface area contributed by atoms with Gasteiger partial charge in [-0.2, -0.15) is 0 Å². The van der Waals surface area contributed by atoms with E-state index >= 15 is 0 Å². The van der Waals surface area contributed by atoms with Crippen LogP contribution in [0.25, 0.3) is 0 Å². The third-order valence-electron chi connectivity index (χ3n) is 2.94. The molecule has 0 aromatic carbocycles. The molecule has 0 saturated carbocycles. The van der Waals surface area contributed by atoms with Crippen molar-refractivity contribution in [2.24, 2.45) is 0 Å². The molecule has 2 heteroatoms. The first-order valence-electron chi connectivity index (χ1n) is 4.66. The van der Waals surface area contributed by atoms with E-state index in [0.717, 1.165) is 12.6 Å². The number of hydrogen-bond donors (Lipinski definition) is 0. The molecule has 2 saturated heterocycles. The number of ether oxygens (including phenoxy) is 1. The Kier molecular flexibility index (Phi) is 1.90. The second-order valence-corrected chi connectivity index (χ2v) is 3.89. The molecule has 0 N–H and O–H groups in total. The largest absolute Gasteiger partial charge is 0.376 e. The Hall–Kier alpha value is -0.0800. The molecule has 2 aliphatic heterocycles. The van der Waals surface area contributed by atoms with Crippen molar-refractivity contribution >= 4 is 0 Å². The molecule has 2 heterocycles. The second kappa shape index (κ2) is 2.76. The molecule has 2 rings (SSSR count). The maximum atomic E-state index is 5.62. The van der Waals surface area contributed by atoms with E-state index in [1.54, 1.807) is 0 Å². The van der Waals surface area contributed by atoms with Crippen molar-refractivity contribution in [3.8, 4) is 0 Å². The Morgan fingerprint density at radius 2 is 2.18 bits per heavy atom. The van der Waals surface area contributed by atoms with Gasteiger partial charge in [0.15, 0.2) is 0 Å². The first-order chi connectivity index (χ1) is 5.29. The molecule has 2 fully saturated rings. The quantitative estimate of drug-likeness (QED) is 0.565. The van der Waals surface area contributed by atoms with Gasteiger partial charge in [-0.15, -0.1) is 0 Å². The average molecular weight is 155 g/mol. The van der Waals surface area contributed by atoms with Gasteiger partial charge in [0.1, 0.15) is 0 Å². The zero-order valence-electron chi connectivity index (χ0n) is 7.42. The minimum Gasteiger partial charge on any atom is -0.376 e. The topological polar surface area (TPSA) is 12.5 Å². The van der Waals surface area contributed by atoms with Gasteiger partial charge in [-0.3, -0.25) is 4.90 Å². The van der Waals surface area contributed by atoms with Crippen molar-refractivity contribution in [1.29, 1.82) is 0 Å². The summed E-state index contributed by atoms with van der Waals surface area (Å²) in [5, 5.41) is 0. The van der Waals surface area contributed by atoms with Gasteiger partial charge in [0, 0.05) is 25.2 Å². The van der Waals surface area contributed by atoms with Crippen LogP contribution in [0.15, 0.2) is 0 Å². The first kappa shape index (κ1) is 7.56. The summed E-state index contributed by atoms with van der Waals surface area (Å²) in [6.07, 6.45) is 3.07. The SMILES string of the molecule is CC(C)N1CCC2OCCC21. The van der Waals surface area contributed by atoms with Crippen molar-refractivity contribution in [3.63, 3.8) is 0 Å². The highest BCUT2D eigenvalue weighted by atomic mass is 16.5. The summed E-state index contributed by atoms with van der Waals surface area (Å²) in [5.74, 6) is 0. The highest BCUT2D eigenvalue weighted by Crippen LogP contribution is 2.30. The van der Waals surface area contributed by atoms with Crippen molar-refractivity contribution in [2.75, 3.05) is 13.2 Å². The van der Waals surface area contributed by atoms with Crippen molar-refractivity contribution in [2.45, 2.75) is 44.9 Å². The Morgan fingerprint density at radius 3 is 2.91 bits per heavy atom. The van der Waals surface area contributed by atoms with Gasteiger partial charge in [0.05, 0.1) is 6.10 Å². The minimum absolute atomic E-state index is 0.567. The molecule has 0 aromatic rings. The Balaban J connectivity index is 2.03. The molecule has 0 aromatic heterocycles. The van der Waals surface area contributed by atoms with Crippen LogP contribution < -0.4 is 0 Å². The maximum absolute atomic E-state index is 5.62. The van der Waals surface area contributed by atoms with Crippen LogP contribution in [0.3, 0.4) is 0 Å². The van der Waals surface area contributed by atoms with Crippen molar-refractivity contribution in [3.05, 3.63) is 0 Å². The molecular weight excluding hydrogens is 138 g/mol. The van der Waals surface area contributed by atoms with Crippen molar-refractivity contribution in [1.82, 2.24) is 4.90 Å². The number of nitrogens with zero attached hydrogens (tertiary/aromatic N) is 1. The molecule has 0 aliphatic carbocycles. The molecule has 2 unspecified atom stereocenters. The monoisotopic (exact) mass is 155 g/mol. The Labute approximate surface area is 68.5 Å². The van der Waals surface area contributed by atoms with E-state index in [4.69, 9.17) is 4.74 Å². The summed E-state index contributed by atoms with van der Waals surface area (Å²) in [5.41, 5.74) is 0. The maximum Gasteiger partial charge on any atom is 0.0743 e. The van der Waals surface area contributed by atoms with Gasteiger partial charge in [0.2, 0.25) is 0 Å². The van der Waals surface area contributed by atoms with Crippen LogP contribution in [0.4, 0.5) is 0 Å². The lowest BCUT2D eigenvalue weighted by atomic mass is 10.1. The summed E-state index contributed by atoms with van der Waals surface area (Å²) >= 11 is 0. The van der Waals surface area contributed by atoms with Gasteiger partial charge in [-0.1, -0.05) is 0 Å². The molecular formula is C9H17NO. The van der Waals surface area contributed by atoms with Gasteiger partial charge in [0.25, 0.3) is 0 Å². The van der Waals surface area contributed by atoms with Gasteiger partial charge in [-0.05, 0) is 26.7 Å². The first-order valence-corrected chi connectivity index (χ1v) is 4.66. The van der Waals surface area contributed by atoms with Crippen molar-refractivity contribution < 1.29 is 4.74 Å². The number of rotatable bonds is 1. The fourth-order valence-corrected chi connectivity index (χ4v) is 2.38. The fourth-order valence-electron chi connectivity index (χ4n) is 2.38. The number of hydrogen-bond acceptors (Lipinski definition) is 2. The number of likely N-dealkylation sites (tertiary alicyclic amines) is 1. The Bertz CT molecular complexity index is 146. The van der Waals surface area contributed by atoms with Crippen LogP contribution >= 0.6 is 0 Å². The lowest BCUT2D eigenvalue weighted by Gasteiger charge is -2.26. The second-order valence-electron chi connectivity index (χ2n) is 3.89. The average Bonchev–Trinajstić information content (AvgIpc) is 2.41. The third-order valence-corrected chi connectivity index (χ3v) is 2.94. The molecule has 64 valence electrons. The molecule has 0 radical (unpaired) electrons. The van der Waals surface area contributed by atoms with Gasteiger partial charge < -0.3 is 4.74 Å².